The minimum absolute atomic E-state index is 0.696. The Labute approximate surface area is 111 Å². The van der Waals surface area contributed by atoms with Crippen molar-refractivity contribution >= 4 is 50.2 Å². The summed E-state index contributed by atoms with van der Waals surface area (Å²) < 4.78 is 1.91. The first-order valence-electron chi connectivity index (χ1n) is 4.98. The summed E-state index contributed by atoms with van der Waals surface area (Å²) in [6.07, 6.45) is 1.68. The van der Waals surface area contributed by atoms with Gasteiger partial charge in [0, 0.05) is 5.69 Å². The third-order valence-corrected chi connectivity index (χ3v) is 4.21. The van der Waals surface area contributed by atoms with E-state index in [4.69, 9.17) is 11.6 Å². The molecule has 1 aromatic carbocycles. The van der Waals surface area contributed by atoms with Crippen molar-refractivity contribution in [2.45, 2.75) is 6.54 Å². The van der Waals surface area contributed by atoms with E-state index in [9.17, 15) is 0 Å². The van der Waals surface area contributed by atoms with Crippen molar-refractivity contribution in [3.8, 4) is 0 Å². The van der Waals surface area contributed by atoms with Gasteiger partial charge in [0.2, 0.25) is 0 Å². The fourth-order valence-corrected chi connectivity index (χ4v) is 3.13. The Bertz CT molecular complexity index is 647. The quantitative estimate of drug-likeness (QED) is 0.788. The van der Waals surface area contributed by atoms with Gasteiger partial charge in [0.1, 0.15) is 9.34 Å². The number of halogens is 1. The highest BCUT2D eigenvalue weighted by Crippen LogP contribution is 2.23. The molecule has 0 aliphatic heterocycles. The molecule has 0 unspecified atom stereocenters. The fraction of sp³-hybridized carbons (Fsp3) is 0.0909. The zero-order valence-corrected chi connectivity index (χ0v) is 11.1. The number of rotatable bonds is 3. The third-order valence-electron chi connectivity index (χ3n) is 2.30. The predicted molar refractivity (Wildman–Crippen MR) is 74.1 cm³/mol. The van der Waals surface area contributed by atoms with Crippen molar-refractivity contribution < 1.29 is 0 Å². The molecule has 0 saturated heterocycles. The molecule has 2 aromatic heterocycles. The van der Waals surface area contributed by atoms with E-state index in [2.05, 4.69) is 21.4 Å². The summed E-state index contributed by atoms with van der Waals surface area (Å²) in [6.45, 7) is 0.696. The normalized spacial score (nSPS) is 10.9. The van der Waals surface area contributed by atoms with Gasteiger partial charge in [-0.3, -0.25) is 0 Å². The maximum absolute atomic E-state index is 5.83. The van der Waals surface area contributed by atoms with E-state index >= 15 is 0 Å². The first-order valence-corrected chi connectivity index (χ1v) is 7.06. The lowest BCUT2D eigenvalue weighted by Gasteiger charge is -2.03. The van der Waals surface area contributed by atoms with E-state index in [1.165, 1.54) is 16.0 Å². The lowest BCUT2D eigenvalue weighted by molar-refractivity contribution is 1.10. The Morgan fingerprint density at radius 1 is 1.29 bits per heavy atom. The molecule has 3 nitrogen and oxygen atoms in total. The maximum atomic E-state index is 5.83. The molecule has 3 rings (SSSR count). The van der Waals surface area contributed by atoms with Crippen LogP contribution in [0.25, 0.3) is 10.2 Å². The van der Waals surface area contributed by atoms with Crippen LogP contribution in [0.2, 0.25) is 4.34 Å². The van der Waals surface area contributed by atoms with Crippen LogP contribution >= 0.6 is 34.3 Å². The number of hydrogen-bond acceptors (Lipinski definition) is 5. The Morgan fingerprint density at radius 2 is 2.24 bits per heavy atom. The van der Waals surface area contributed by atoms with Gasteiger partial charge < -0.3 is 5.32 Å². The average molecular weight is 282 g/mol. The van der Waals surface area contributed by atoms with Crippen LogP contribution in [0.3, 0.4) is 0 Å². The van der Waals surface area contributed by atoms with E-state index in [0.29, 0.717) is 6.54 Å². The topological polar surface area (TPSA) is 37.8 Å². The van der Waals surface area contributed by atoms with Crippen LogP contribution in [0.1, 0.15) is 5.01 Å². The van der Waals surface area contributed by atoms with Crippen LogP contribution < -0.4 is 5.32 Å². The summed E-state index contributed by atoms with van der Waals surface area (Å²) in [6, 6.07) is 6.14. The second-order valence-corrected chi connectivity index (χ2v) is 6.08. The Kier molecular flexibility index (Phi) is 2.96. The van der Waals surface area contributed by atoms with Gasteiger partial charge in [0.05, 0.1) is 28.5 Å². The minimum Gasteiger partial charge on any atom is -0.378 e. The Morgan fingerprint density at radius 3 is 3.06 bits per heavy atom. The van der Waals surface area contributed by atoms with Gasteiger partial charge in [0.15, 0.2) is 0 Å². The molecule has 0 saturated carbocycles. The zero-order chi connectivity index (χ0) is 11.7. The van der Waals surface area contributed by atoms with Crippen LogP contribution in [0, 0.1) is 0 Å². The molecular formula is C11H8ClN3S2. The highest BCUT2D eigenvalue weighted by Gasteiger charge is 2.01. The Balaban J connectivity index is 1.76. The molecule has 6 heteroatoms. The molecule has 0 radical (unpaired) electrons. The van der Waals surface area contributed by atoms with Crippen molar-refractivity contribution in [1.82, 2.24) is 9.97 Å². The number of fused-ring (bicyclic) bond motifs is 1. The van der Waals surface area contributed by atoms with Crippen LogP contribution in [0.5, 0.6) is 0 Å². The monoisotopic (exact) mass is 281 g/mol. The first-order chi connectivity index (χ1) is 8.31. The second kappa shape index (κ2) is 4.60. The summed E-state index contributed by atoms with van der Waals surface area (Å²) in [4.78, 5) is 8.44. The van der Waals surface area contributed by atoms with Crippen molar-refractivity contribution in [1.29, 1.82) is 0 Å². The van der Waals surface area contributed by atoms with Crippen molar-refractivity contribution in [2.75, 3.05) is 5.32 Å². The molecular weight excluding hydrogens is 274 g/mol. The molecule has 2 heterocycles. The highest BCUT2D eigenvalue weighted by atomic mass is 35.5. The van der Waals surface area contributed by atoms with Crippen LogP contribution in [-0.4, -0.2) is 9.97 Å². The number of anilines is 1. The van der Waals surface area contributed by atoms with Gasteiger partial charge in [-0.1, -0.05) is 11.6 Å². The van der Waals surface area contributed by atoms with Gasteiger partial charge in [0.25, 0.3) is 0 Å². The number of benzene rings is 1. The fourth-order valence-electron chi connectivity index (χ4n) is 1.51. The molecule has 0 amide bonds. The van der Waals surface area contributed by atoms with E-state index < -0.39 is 0 Å². The largest absolute Gasteiger partial charge is 0.378 e. The van der Waals surface area contributed by atoms with E-state index in [0.717, 1.165) is 20.5 Å². The number of aromatic nitrogens is 2. The molecule has 0 fully saturated rings. The van der Waals surface area contributed by atoms with Crippen molar-refractivity contribution in [3.05, 3.63) is 39.3 Å². The van der Waals surface area contributed by atoms with Crippen LogP contribution in [-0.2, 0) is 6.54 Å². The summed E-state index contributed by atoms with van der Waals surface area (Å²) >= 11 is 8.96. The van der Waals surface area contributed by atoms with Crippen LogP contribution in [0.15, 0.2) is 29.9 Å². The third kappa shape index (κ3) is 2.41. The lowest BCUT2D eigenvalue weighted by atomic mass is 10.3. The van der Waals surface area contributed by atoms with E-state index in [-0.39, 0.29) is 0 Å². The lowest BCUT2D eigenvalue weighted by Crippen LogP contribution is -1.98. The smallest absolute Gasteiger partial charge is 0.113 e. The first kappa shape index (κ1) is 11.0. The summed E-state index contributed by atoms with van der Waals surface area (Å²) in [5.41, 5.74) is 3.97. The van der Waals surface area contributed by atoms with Gasteiger partial charge in [-0.05, 0) is 18.2 Å². The Hall–Kier alpha value is -1.17. The maximum Gasteiger partial charge on any atom is 0.113 e. The van der Waals surface area contributed by atoms with Crippen molar-refractivity contribution in [2.24, 2.45) is 0 Å². The van der Waals surface area contributed by atoms with Gasteiger partial charge >= 0.3 is 0 Å². The number of thiazole rings is 2. The van der Waals surface area contributed by atoms with Crippen molar-refractivity contribution in [3.63, 3.8) is 0 Å². The van der Waals surface area contributed by atoms with E-state index in [1.807, 2.05) is 17.6 Å². The SMILES string of the molecule is Clc1cnc(CNc2ccc3ncsc3c2)s1. The number of nitrogens with one attached hydrogen (secondary N) is 1. The molecule has 0 aliphatic carbocycles. The van der Waals surface area contributed by atoms with Crippen LogP contribution in [0.4, 0.5) is 5.69 Å². The number of nitrogens with zero attached hydrogens (tertiary/aromatic N) is 2. The summed E-state index contributed by atoms with van der Waals surface area (Å²) in [7, 11) is 0. The molecule has 86 valence electrons. The molecule has 0 aliphatic rings. The number of hydrogen-bond donors (Lipinski definition) is 1. The molecule has 0 atom stereocenters. The highest BCUT2D eigenvalue weighted by molar-refractivity contribution is 7.16. The molecule has 0 spiro atoms. The second-order valence-electron chi connectivity index (χ2n) is 3.45. The predicted octanol–water partition coefficient (Wildman–Crippen LogP) is 4.02. The average Bonchev–Trinajstić information content (AvgIpc) is 2.94. The summed E-state index contributed by atoms with van der Waals surface area (Å²) in [5.74, 6) is 0. The minimum atomic E-state index is 0.696. The van der Waals surface area contributed by atoms with Gasteiger partial charge in [-0.25, -0.2) is 9.97 Å². The van der Waals surface area contributed by atoms with Gasteiger partial charge in [-0.2, -0.15) is 0 Å². The standard InChI is InChI=1S/C11H8ClN3S2/c12-10-4-14-11(17-10)5-13-7-1-2-8-9(3-7)16-6-15-8/h1-4,6,13H,5H2. The molecule has 17 heavy (non-hydrogen) atoms. The van der Waals surface area contributed by atoms with Gasteiger partial charge in [-0.15, -0.1) is 22.7 Å². The molecule has 1 N–H and O–H groups in total. The molecule has 3 aromatic rings. The summed E-state index contributed by atoms with van der Waals surface area (Å²) in [5, 5.41) is 4.31. The van der Waals surface area contributed by atoms with E-state index in [1.54, 1.807) is 17.5 Å². The zero-order valence-electron chi connectivity index (χ0n) is 8.68. The molecule has 0 bridgehead atoms.